The molecule has 0 unspecified atom stereocenters. The maximum Gasteiger partial charge on any atom is 0.237 e. The molecule has 0 aliphatic carbocycles. The Balaban J connectivity index is 1.75. The fraction of sp³-hybridized carbons (Fsp3) is 0.333. The summed E-state index contributed by atoms with van der Waals surface area (Å²) in [6.07, 6.45) is 0.577. The number of primary amides is 1. The van der Waals surface area contributed by atoms with Gasteiger partial charge in [0.1, 0.15) is 0 Å². The van der Waals surface area contributed by atoms with E-state index in [1.807, 2.05) is 47.5 Å². The summed E-state index contributed by atoms with van der Waals surface area (Å²) in [4.78, 5) is 27.6. The Morgan fingerprint density at radius 2 is 2.08 bits per heavy atom. The number of carbonyl (C=O) groups is 2. The molecule has 0 saturated carbocycles. The van der Waals surface area contributed by atoms with Gasteiger partial charge in [0.05, 0.1) is 11.7 Å². The fourth-order valence-corrected chi connectivity index (χ4v) is 4.89. The molecule has 0 bridgehead atoms. The largest absolute Gasteiger partial charge is 0.369 e. The number of para-hydroxylation sites is 1. The summed E-state index contributed by atoms with van der Waals surface area (Å²) in [6.45, 7) is 1.98. The van der Waals surface area contributed by atoms with Gasteiger partial charge in [0, 0.05) is 22.4 Å². The van der Waals surface area contributed by atoms with Crippen LogP contribution in [0.5, 0.6) is 0 Å². The van der Waals surface area contributed by atoms with Crippen molar-refractivity contribution in [1.82, 2.24) is 0 Å². The van der Waals surface area contributed by atoms with Gasteiger partial charge in [0.2, 0.25) is 11.8 Å². The number of hydrogen-bond acceptors (Lipinski definition) is 4. The third kappa shape index (κ3) is 3.49. The average molecular weight is 361 g/mol. The number of amides is 2. The molecule has 24 heavy (non-hydrogen) atoms. The van der Waals surface area contributed by atoms with Crippen molar-refractivity contribution in [3.05, 3.63) is 52.2 Å². The van der Waals surface area contributed by atoms with E-state index in [0.717, 1.165) is 17.0 Å². The zero-order valence-corrected chi connectivity index (χ0v) is 15.1. The van der Waals surface area contributed by atoms with Gasteiger partial charge in [0.15, 0.2) is 0 Å². The van der Waals surface area contributed by atoms with Gasteiger partial charge in [0.25, 0.3) is 0 Å². The molecule has 2 atom stereocenters. The SMILES string of the molecule is C[C@@H]1C[C@@H](C(N)=O)c2ccccc2N1C(=O)CSCc1cccs1. The van der Waals surface area contributed by atoms with Gasteiger partial charge in [-0.05, 0) is 36.4 Å². The molecule has 1 aliphatic rings. The predicted molar refractivity (Wildman–Crippen MR) is 100 cm³/mol. The van der Waals surface area contributed by atoms with Crippen LogP contribution in [0.1, 0.15) is 29.7 Å². The summed E-state index contributed by atoms with van der Waals surface area (Å²) in [5, 5.41) is 2.05. The smallest absolute Gasteiger partial charge is 0.237 e. The third-order valence-electron chi connectivity index (χ3n) is 4.25. The molecule has 1 aliphatic heterocycles. The lowest BCUT2D eigenvalue weighted by molar-refractivity contribution is -0.121. The molecule has 2 N–H and O–H groups in total. The Bertz CT molecular complexity index is 730. The molecule has 4 nitrogen and oxygen atoms in total. The van der Waals surface area contributed by atoms with E-state index in [9.17, 15) is 9.59 Å². The molecule has 0 fully saturated rings. The number of anilines is 1. The minimum Gasteiger partial charge on any atom is -0.369 e. The first-order valence-electron chi connectivity index (χ1n) is 7.88. The van der Waals surface area contributed by atoms with Gasteiger partial charge in [-0.15, -0.1) is 23.1 Å². The van der Waals surface area contributed by atoms with E-state index in [2.05, 4.69) is 6.07 Å². The summed E-state index contributed by atoms with van der Waals surface area (Å²) in [6, 6.07) is 11.7. The minimum atomic E-state index is -0.325. The van der Waals surface area contributed by atoms with Crippen LogP contribution in [0, 0.1) is 0 Å². The van der Waals surface area contributed by atoms with Crippen LogP contribution in [0.25, 0.3) is 0 Å². The van der Waals surface area contributed by atoms with Crippen molar-refractivity contribution in [2.45, 2.75) is 31.1 Å². The van der Waals surface area contributed by atoms with E-state index < -0.39 is 0 Å². The van der Waals surface area contributed by atoms with E-state index in [1.54, 1.807) is 23.1 Å². The Kier molecular flexibility index (Phi) is 5.26. The van der Waals surface area contributed by atoms with Crippen LogP contribution >= 0.6 is 23.1 Å². The second-order valence-electron chi connectivity index (χ2n) is 5.93. The molecule has 1 aromatic carbocycles. The molecule has 2 amide bonds. The van der Waals surface area contributed by atoms with Crippen molar-refractivity contribution >= 4 is 40.6 Å². The summed E-state index contributed by atoms with van der Waals surface area (Å²) >= 11 is 3.33. The van der Waals surface area contributed by atoms with Gasteiger partial charge >= 0.3 is 0 Å². The van der Waals surface area contributed by atoms with Crippen LogP contribution in [0.15, 0.2) is 41.8 Å². The maximum atomic E-state index is 12.8. The Morgan fingerprint density at radius 1 is 1.29 bits per heavy atom. The van der Waals surface area contributed by atoms with E-state index >= 15 is 0 Å². The highest BCUT2D eigenvalue weighted by molar-refractivity contribution is 7.99. The number of carbonyl (C=O) groups excluding carboxylic acids is 2. The second-order valence-corrected chi connectivity index (χ2v) is 7.95. The Labute approximate surface area is 150 Å². The summed E-state index contributed by atoms with van der Waals surface area (Å²) in [5.74, 6) is 0.710. The minimum absolute atomic E-state index is 0.0350. The number of fused-ring (bicyclic) bond motifs is 1. The molecule has 126 valence electrons. The number of benzene rings is 1. The van der Waals surface area contributed by atoms with Crippen LogP contribution in [0.3, 0.4) is 0 Å². The molecular weight excluding hydrogens is 340 g/mol. The molecule has 0 radical (unpaired) electrons. The van der Waals surface area contributed by atoms with E-state index in [0.29, 0.717) is 12.2 Å². The zero-order valence-electron chi connectivity index (χ0n) is 13.5. The predicted octanol–water partition coefficient (Wildman–Crippen LogP) is 3.38. The second kappa shape index (κ2) is 7.40. The van der Waals surface area contributed by atoms with Crippen molar-refractivity contribution in [3.63, 3.8) is 0 Å². The molecule has 0 saturated heterocycles. The van der Waals surface area contributed by atoms with E-state index in [4.69, 9.17) is 5.73 Å². The van der Waals surface area contributed by atoms with Crippen LogP contribution in [-0.2, 0) is 15.3 Å². The number of thiophene rings is 1. The molecule has 0 spiro atoms. The standard InChI is InChI=1S/C18H20N2O2S2/c1-12-9-15(18(19)22)14-6-2-3-7-16(14)20(12)17(21)11-23-10-13-5-4-8-24-13/h2-8,12,15H,9-11H2,1H3,(H2,19,22)/t12-,15-/m1/s1. The van der Waals surface area contributed by atoms with E-state index in [1.165, 1.54) is 4.88 Å². The van der Waals surface area contributed by atoms with E-state index in [-0.39, 0.29) is 23.8 Å². The van der Waals surface area contributed by atoms with Crippen molar-refractivity contribution in [2.75, 3.05) is 10.7 Å². The van der Waals surface area contributed by atoms with Crippen LogP contribution < -0.4 is 10.6 Å². The van der Waals surface area contributed by atoms with Crippen molar-refractivity contribution < 1.29 is 9.59 Å². The lowest BCUT2D eigenvalue weighted by Crippen LogP contribution is -2.46. The maximum absolute atomic E-state index is 12.8. The molecule has 3 rings (SSSR count). The van der Waals surface area contributed by atoms with Gasteiger partial charge in [-0.1, -0.05) is 24.3 Å². The number of hydrogen-bond donors (Lipinski definition) is 1. The van der Waals surface area contributed by atoms with Gasteiger partial charge in [-0.2, -0.15) is 0 Å². The Hall–Kier alpha value is -1.79. The topological polar surface area (TPSA) is 63.4 Å². The highest BCUT2D eigenvalue weighted by Gasteiger charge is 2.35. The highest BCUT2D eigenvalue weighted by atomic mass is 32.2. The summed E-state index contributed by atoms with van der Waals surface area (Å²) in [5.41, 5.74) is 7.24. The van der Waals surface area contributed by atoms with Crippen LogP contribution in [-0.4, -0.2) is 23.6 Å². The summed E-state index contributed by atoms with van der Waals surface area (Å²) in [7, 11) is 0. The normalized spacial score (nSPS) is 19.8. The number of nitrogens with zero attached hydrogens (tertiary/aromatic N) is 1. The molecule has 1 aromatic heterocycles. The lowest BCUT2D eigenvalue weighted by Gasteiger charge is -2.38. The monoisotopic (exact) mass is 360 g/mol. The zero-order chi connectivity index (χ0) is 17.1. The van der Waals surface area contributed by atoms with Gasteiger partial charge in [-0.3, -0.25) is 9.59 Å². The van der Waals surface area contributed by atoms with Crippen molar-refractivity contribution in [3.8, 4) is 0 Å². The average Bonchev–Trinajstić information content (AvgIpc) is 3.07. The van der Waals surface area contributed by atoms with Crippen molar-refractivity contribution in [1.29, 1.82) is 0 Å². The first kappa shape index (κ1) is 17.0. The molecule has 2 heterocycles. The highest BCUT2D eigenvalue weighted by Crippen LogP contribution is 2.38. The van der Waals surface area contributed by atoms with Gasteiger partial charge < -0.3 is 10.6 Å². The summed E-state index contributed by atoms with van der Waals surface area (Å²) < 4.78 is 0. The molecule has 2 aromatic rings. The molecule has 6 heteroatoms. The quantitative estimate of drug-likeness (QED) is 0.889. The Morgan fingerprint density at radius 3 is 2.79 bits per heavy atom. The molecular formula is C18H20N2O2S2. The number of nitrogens with two attached hydrogens (primary N) is 1. The van der Waals surface area contributed by atoms with Crippen LogP contribution in [0.2, 0.25) is 0 Å². The fourth-order valence-electron chi connectivity index (χ4n) is 3.17. The number of rotatable bonds is 5. The lowest BCUT2D eigenvalue weighted by atomic mass is 9.85. The first-order chi connectivity index (χ1) is 11.6. The third-order valence-corrected chi connectivity index (χ3v) is 6.28. The number of thioether (sulfide) groups is 1. The van der Waals surface area contributed by atoms with Crippen molar-refractivity contribution in [2.24, 2.45) is 5.73 Å². The first-order valence-corrected chi connectivity index (χ1v) is 9.91. The van der Waals surface area contributed by atoms with Crippen LogP contribution in [0.4, 0.5) is 5.69 Å². The van der Waals surface area contributed by atoms with Gasteiger partial charge in [-0.25, -0.2) is 0 Å².